The number of benzene rings is 2. The number of quaternary nitrogens is 1. The van der Waals surface area contributed by atoms with Gasteiger partial charge >= 0.3 is 5.97 Å². The summed E-state index contributed by atoms with van der Waals surface area (Å²) < 4.78 is 8.27. The van der Waals surface area contributed by atoms with Gasteiger partial charge in [0.1, 0.15) is 12.3 Å². The molecule has 6 heteroatoms. The van der Waals surface area contributed by atoms with E-state index in [9.17, 15) is 9.90 Å². The molecule has 4 rings (SSSR count). The Morgan fingerprint density at radius 3 is 2.58 bits per heavy atom. The molecule has 164 valence electrons. The number of rotatable bonds is 6. The van der Waals surface area contributed by atoms with Gasteiger partial charge in [0, 0.05) is 17.6 Å². The lowest BCUT2D eigenvalue weighted by Gasteiger charge is -2.24. The number of likely N-dealkylation sites (tertiary alicyclic amines) is 1. The van der Waals surface area contributed by atoms with Crippen LogP contribution >= 0.6 is 15.9 Å². The first-order chi connectivity index (χ1) is 15.0. The number of phenolic OH excluding ortho intramolecular Hbond substituents is 1. The van der Waals surface area contributed by atoms with Crippen LogP contribution in [0.4, 0.5) is 0 Å². The van der Waals surface area contributed by atoms with Crippen LogP contribution in [0.2, 0.25) is 0 Å². The number of carbonyl (C=O) groups excluding carboxylic acids is 1. The third-order valence-corrected chi connectivity index (χ3v) is 6.90. The maximum atomic E-state index is 13.1. The van der Waals surface area contributed by atoms with Crippen molar-refractivity contribution in [1.29, 1.82) is 0 Å². The van der Waals surface area contributed by atoms with Crippen LogP contribution in [0.1, 0.15) is 53.4 Å². The van der Waals surface area contributed by atoms with Gasteiger partial charge in [-0.05, 0) is 60.7 Å². The Morgan fingerprint density at radius 1 is 1.19 bits per heavy atom. The zero-order valence-corrected chi connectivity index (χ0v) is 19.8. The lowest BCUT2D eigenvalue weighted by molar-refractivity contribution is -0.918. The van der Waals surface area contributed by atoms with Crippen molar-refractivity contribution in [2.75, 3.05) is 19.7 Å². The number of piperidine rings is 1. The molecule has 1 aliphatic rings. The SMILES string of the molecule is CCOC(=O)c1c(C)n(Cc2ccccc2)c2cc(Br)c(O)c(C[NH+]3CCCCC3)c12. The number of esters is 1. The van der Waals surface area contributed by atoms with E-state index < -0.39 is 0 Å². The van der Waals surface area contributed by atoms with Gasteiger partial charge in [0.2, 0.25) is 0 Å². The molecule has 0 unspecified atom stereocenters. The first kappa shape index (κ1) is 21.9. The lowest BCUT2D eigenvalue weighted by atomic mass is 10.0. The average molecular weight is 486 g/mol. The van der Waals surface area contributed by atoms with E-state index in [4.69, 9.17) is 4.74 Å². The summed E-state index contributed by atoms with van der Waals surface area (Å²) in [4.78, 5) is 14.5. The van der Waals surface area contributed by atoms with E-state index in [0.717, 1.165) is 40.8 Å². The zero-order chi connectivity index (χ0) is 22.0. The van der Waals surface area contributed by atoms with Gasteiger partial charge in [-0.2, -0.15) is 0 Å². The fraction of sp³-hybridized carbons (Fsp3) is 0.400. The predicted octanol–water partition coefficient (Wildman–Crippen LogP) is 4.21. The fourth-order valence-electron chi connectivity index (χ4n) is 4.74. The van der Waals surface area contributed by atoms with Crippen molar-refractivity contribution in [3.05, 3.63) is 63.3 Å². The number of hydrogen-bond donors (Lipinski definition) is 2. The molecule has 0 amide bonds. The monoisotopic (exact) mass is 485 g/mol. The highest BCUT2D eigenvalue weighted by Crippen LogP contribution is 2.39. The topological polar surface area (TPSA) is 55.9 Å². The van der Waals surface area contributed by atoms with Gasteiger partial charge < -0.3 is 19.3 Å². The van der Waals surface area contributed by atoms with Gasteiger partial charge in [-0.1, -0.05) is 30.3 Å². The van der Waals surface area contributed by atoms with Gasteiger partial charge in [-0.15, -0.1) is 0 Å². The zero-order valence-electron chi connectivity index (χ0n) is 18.2. The molecule has 1 aromatic heterocycles. The van der Waals surface area contributed by atoms with E-state index in [1.165, 1.54) is 24.2 Å². The molecule has 3 aromatic rings. The van der Waals surface area contributed by atoms with Crippen molar-refractivity contribution in [3.63, 3.8) is 0 Å². The van der Waals surface area contributed by atoms with Gasteiger partial charge in [-0.25, -0.2) is 4.79 Å². The molecule has 0 aliphatic carbocycles. The summed E-state index contributed by atoms with van der Waals surface area (Å²) in [6, 6.07) is 12.2. The largest absolute Gasteiger partial charge is 0.506 e. The van der Waals surface area contributed by atoms with E-state index in [-0.39, 0.29) is 11.7 Å². The highest BCUT2D eigenvalue weighted by atomic mass is 79.9. The van der Waals surface area contributed by atoms with E-state index >= 15 is 0 Å². The number of fused-ring (bicyclic) bond motifs is 1. The van der Waals surface area contributed by atoms with Crippen molar-refractivity contribution in [2.24, 2.45) is 0 Å². The predicted molar refractivity (Wildman–Crippen MR) is 126 cm³/mol. The van der Waals surface area contributed by atoms with Crippen LogP contribution in [0.5, 0.6) is 5.75 Å². The Hall–Kier alpha value is -2.31. The average Bonchev–Trinajstić information content (AvgIpc) is 3.04. The van der Waals surface area contributed by atoms with Gasteiger partial charge in [0.05, 0.1) is 40.8 Å². The third-order valence-electron chi connectivity index (χ3n) is 6.29. The molecule has 0 atom stereocenters. The molecule has 2 heterocycles. The molecule has 5 nitrogen and oxygen atoms in total. The summed E-state index contributed by atoms with van der Waals surface area (Å²) in [5.74, 6) is -0.0959. The summed E-state index contributed by atoms with van der Waals surface area (Å²) in [5.41, 5.74) is 4.37. The molecule has 1 fully saturated rings. The van der Waals surface area contributed by atoms with E-state index in [0.29, 0.717) is 29.7 Å². The number of halogens is 1. The summed E-state index contributed by atoms with van der Waals surface area (Å²) in [5, 5.41) is 11.9. The number of aromatic hydroxyl groups is 1. The quantitative estimate of drug-likeness (QED) is 0.514. The van der Waals surface area contributed by atoms with Crippen molar-refractivity contribution in [3.8, 4) is 5.75 Å². The van der Waals surface area contributed by atoms with Crippen LogP contribution in [0, 0.1) is 6.92 Å². The summed E-state index contributed by atoms with van der Waals surface area (Å²) in [6.07, 6.45) is 3.67. The van der Waals surface area contributed by atoms with Crippen molar-refractivity contribution >= 4 is 32.8 Å². The molecule has 2 aromatic carbocycles. The Labute approximate surface area is 191 Å². The number of carbonyl (C=O) groups is 1. The van der Waals surface area contributed by atoms with E-state index in [1.54, 1.807) is 0 Å². The van der Waals surface area contributed by atoms with Crippen molar-refractivity contribution in [2.45, 2.75) is 46.2 Å². The normalized spacial score (nSPS) is 14.8. The highest BCUT2D eigenvalue weighted by Gasteiger charge is 2.28. The first-order valence-electron chi connectivity index (χ1n) is 11.1. The van der Waals surface area contributed by atoms with Crippen molar-refractivity contribution < 1.29 is 19.5 Å². The molecule has 0 bridgehead atoms. The number of aromatic nitrogens is 1. The second-order valence-electron chi connectivity index (χ2n) is 8.32. The van der Waals surface area contributed by atoms with Crippen LogP contribution in [0.15, 0.2) is 40.9 Å². The van der Waals surface area contributed by atoms with Gasteiger partial charge in [-0.3, -0.25) is 0 Å². The number of nitrogens with one attached hydrogen (secondary N) is 1. The molecule has 31 heavy (non-hydrogen) atoms. The molecular formula is C25H30BrN2O3+. The first-order valence-corrected chi connectivity index (χ1v) is 11.9. The Bertz CT molecular complexity index is 1090. The van der Waals surface area contributed by atoms with Crippen LogP contribution < -0.4 is 4.90 Å². The standard InChI is InChI=1S/C25H29BrN2O3/c1-3-31-25(30)22-17(2)28(15-18-10-6-4-7-11-18)21-14-20(26)24(29)19(23(21)22)16-27-12-8-5-9-13-27/h4,6-7,10-11,14,29H,3,5,8-9,12-13,15-16H2,1-2H3/p+1. The van der Waals surface area contributed by atoms with Crippen LogP contribution in [-0.2, 0) is 17.8 Å². The number of hydrogen-bond acceptors (Lipinski definition) is 3. The molecule has 0 radical (unpaired) electrons. The third kappa shape index (κ3) is 4.37. The Balaban J connectivity index is 1.92. The summed E-state index contributed by atoms with van der Waals surface area (Å²) in [6.45, 7) is 7.64. The molecule has 1 saturated heterocycles. The number of ether oxygens (including phenoxy) is 1. The Morgan fingerprint density at radius 2 is 1.90 bits per heavy atom. The van der Waals surface area contributed by atoms with Crippen LogP contribution in [0.25, 0.3) is 10.9 Å². The molecular weight excluding hydrogens is 456 g/mol. The van der Waals surface area contributed by atoms with E-state index in [1.807, 2.05) is 38.1 Å². The minimum atomic E-state index is -0.326. The molecule has 2 N–H and O–H groups in total. The molecule has 0 spiro atoms. The fourth-order valence-corrected chi connectivity index (χ4v) is 5.20. The maximum absolute atomic E-state index is 13.1. The Kier molecular flexibility index (Phi) is 6.68. The second kappa shape index (κ2) is 9.45. The second-order valence-corrected chi connectivity index (χ2v) is 9.17. The highest BCUT2D eigenvalue weighted by molar-refractivity contribution is 9.10. The lowest BCUT2D eigenvalue weighted by Crippen LogP contribution is -3.11. The van der Waals surface area contributed by atoms with Gasteiger partial charge in [0.15, 0.2) is 0 Å². The number of phenols is 1. The molecule has 1 aliphatic heterocycles. The summed E-state index contributed by atoms with van der Waals surface area (Å²) >= 11 is 3.56. The maximum Gasteiger partial charge on any atom is 0.340 e. The summed E-state index contributed by atoms with van der Waals surface area (Å²) in [7, 11) is 0. The minimum Gasteiger partial charge on any atom is -0.506 e. The van der Waals surface area contributed by atoms with E-state index in [2.05, 4.69) is 32.6 Å². The number of nitrogens with zero attached hydrogens (tertiary/aromatic N) is 1. The molecule has 0 saturated carbocycles. The van der Waals surface area contributed by atoms with Crippen LogP contribution in [-0.4, -0.2) is 35.3 Å². The minimum absolute atomic E-state index is 0.230. The van der Waals surface area contributed by atoms with Gasteiger partial charge in [0.25, 0.3) is 0 Å². The van der Waals surface area contributed by atoms with Crippen LogP contribution in [0.3, 0.4) is 0 Å². The van der Waals surface area contributed by atoms with Crippen molar-refractivity contribution in [1.82, 2.24) is 4.57 Å². The smallest absolute Gasteiger partial charge is 0.340 e.